The van der Waals surface area contributed by atoms with Gasteiger partial charge in [0.25, 0.3) is 10.0 Å². The van der Waals surface area contributed by atoms with Crippen molar-refractivity contribution in [1.29, 1.82) is 0 Å². The van der Waals surface area contributed by atoms with Crippen LogP contribution in [0.25, 0.3) is 11.0 Å². The zero-order valence-electron chi connectivity index (χ0n) is 18.3. The fourth-order valence-corrected chi connectivity index (χ4v) is 5.05. The highest BCUT2D eigenvalue weighted by molar-refractivity contribution is 7.92. The number of fused-ring (bicyclic) bond motifs is 1. The molecule has 1 fully saturated rings. The normalized spacial score (nSPS) is 16.0. The minimum absolute atomic E-state index is 0.131. The molecule has 0 bridgehead atoms. The Morgan fingerprint density at radius 1 is 1.13 bits per heavy atom. The molecule has 3 N–H and O–H groups in total. The Labute approximate surface area is 183 Å². The number of nitrogen functional groups attached to an aromatic ring is 1. The molecule has 0 unspecified atom stereocenters. The lowest BCUT2D eigenvalue weighted by atomic mass is 9.94. The van der Waals surface area contributed by atoms with Gasteiger partial charge in [0, 0.05) is 30.9 Å². The molecule has 0 saturated carbocycles. The average molecular weight is 443 g/mol. The monoisotopic (exact) mass is 442 g/mol. The van der Waals surface area contributed by atoms with E-state index >= 15 is 0 Å². The van der Waals surface area contributed by atoms with Crippen molar-refractivity contribution >= 4 is 32.4 Å². The van der Waals surface area contributed by atoms with E-state index in [0.717, 1.165) is 49.5 Å². The van der Waals surface area contributed by atoms with Gasteiger partial charge in [0.2, 0.25) is 0 Å². The Bertz CT molecular complexity index is 1170. The third kappa shape index (κ3) is 4.70. The highest BCUT2D eigenvalue weighted by Gasteiger charge is 2.26. The number of nitrogens with two attached hydrogens (primary N) is 1. The van der Waals surface area contributed by atoms with Crippen LogP contribution >= 0.6 is 0 Å². The molecule has 7 nitrogen and oxygen atoms in total. The number of aromatic nitrogens is 2. The summed E-state index contributed by atoms with van der Waals surface area (Å²) >= 11 is 0. The van der Waals surface area contributed by atoms with E-state index in [2.05, 4.69) is 30.1 Å². The van der Waals surface area contributed by atoms with Crippen LogP contribution < -0.4 is 10.5 Å². The van der Waals surface area contributed by atoms with Crippen LogP contribution in [0.1, 0.15) is 39.4 Å². The predicted molar refractivity (Wildman–Crippen MR) is 124 cm³/mol. The molecular weight excluding hydrogens is 412 g/mol. The molecule has 4 rings (SSSR count). The maximum Gasteiger partial charge on any atom is 0.261 e. The van der Waals surface area contributed by atoms with Crippen molar-refractivity contribution in [3.63, 3.8) is 0 Å². The number of benzene rings is 2. The number of hydrogen-bond acceptors (Lipinski definition) is 5. The molecule has 8 heteroatoms. The molecule has 166 valence electrons. The Hall–Kier alpha value is -2.58. The van der Waals surface area contributed by atoms with Crippen LogP contribution in [0.5, 0.6) is 0 Å². The van der Waals surface area contributed by atoms with Crippen molar-refractivity contribution in [3.8, 4) is 0 Å². The van der Waals surface area contributed by atoms with Crippen LogP contribution in [-0.2, 0) is 26.7 Å². The predicted octanol–water partition coefficient (Wildman–Crippen LogP) is 4.14. The number of hydrogen-bond donors (Lipinski definition) is 2. The zero-order valence-corrected chi connectivity index (χ0v) is 19.1. The number of anilines is 2. The second-order valence-corrected chi connectivity index (χ2v) is 10.9. The van der Waals surface area contributed by atoms with Crippen LogP contribution in [0.15, 0.2) is 47.4 Å². The number of imidazole rings is 1. The summed E-state index contributed by atoms with van der Waals surface area (Å²) in [4.78, 5) is 5.07. The summed E-state index contributed by atoms with van der Waals surface area (Å²) in [5, 5.41) is 0. The Morgan fingerprint density at radius 2 is 1.81 bits per heavy atom. The van der Waals surface area contributed by atoms with Crippen molar-refractivity contribution < 1.29 is 13.2 Å². The smallest absolute Gasteiger partial charge is 0.261 e. The van der Waals surface area contributed by atoms with Gasteiger partial charge in [0.1, 0.15) is 5.82 Å². The summed E-state index contributed by atoms with van der Waals surface area (Å²) in [6, 6.07) is 11.7. The zero-order chi connectivity index (χ0) is 22.2. The lowest BCUT2D eigenvalue weighted by Gasteiger charge is -2.26. The molecule has 1 aliphatic rings. The van der Waals surface area contributed by atoms with Gasteiger partial charge < -0.3 is 15.0 Å². The van der Waals surface area contributed by atoms with E-state index in [4.69, 9.17) is 15.5 Å². The highest BCUT2D eigenvalue weighted by Crippen LogP contribution is 2.31. The molecule has 0 atom stereocenters. The summed E-state index contributed by atoms with van der Waals surface area (Å²) in [6.45, 7) is 8.96. The lowest BCUT2D eigenvalue weighted by Crippen LogP contribution is -2.25. The average Bonchev–Trinajstić information content (AvgIpc) is 3.07. The van der Waals surface area contributed by atoms with E-state index in [-0.39, 0.29) is 10.3 Å². The maximum absolute atomic E-state index is 12.8. The standard InChI is InChI=1S/C23H30N4O3S/c1-23(2,3)22-25-20-14-18(26-31(28,29)19-7-4-17(24)5-8-19)6-9-21(20)27(22)15-16-10-12-30-13-11-16/h4-9,14,16,26H,10-13,15,24H2,1-3H3. The van der Waals surface area contributed by atoms with Crippen molar-refractivity contribution in [1.82, 2.24) is 9.55 Å². The summed E-state index contributed by atoms with van der Waals surface area (Å²) in [6.07, 6.45) is 2.09. The third-order valence-corrected chi connectivity index (χ3v) is 7.04. The third-order valence-electron chi connectivity index (χ3n) is 5.64. The van der Waals surface area contributed by atoms with Gasteiger partial charge in [0.05, 0.1) is 21.6 Å². The lowest BCUT2D eigenvalue weighted by molar-refractivity contribution is 0.0611. The number of rotatable bonds is 5. The van der Waals surface area contributed by atoms with Gasteiger partial charge in [-0.2, -0.15) is 0 Å². The van der Waals surface area contributed by atoms with Gasteiger partial charge in [-0.05, 0) is 61.2 Å². The molecule has 1 aliphatic heterocycles. The quantitative estimate of drug-likeness (QED) is 0.579. The minimum Gasteiger partial charge on any atom is -0.399 e. The minimum atomic E-state index is -3.71. The van der Waals surface area contributed by atoms with Gasteiger partial charge in [0.15, 0.2) is 0 Å². The first-order valence-electron chi connectivity index (χ1n) is 10.6. The first kappa shape index (κ1) is 21.6. The highest BCUT2D eigenvalue weighted by atomic mass is 32.2. The molecule has 1 saturated heterocycles. The number of ether oxygens (including phenoxy) is 1. The summed E-state index contributed by atoms with van der Waals surface area (Å²) in [5.41, 5.74) is 8.35. The van der Waals surface area contributed by atoms with Crippen molar-refractivity contribution in [2.75, 3.05) is 23.7 Å². The van der Waals surface area contributed by atoms with Gasteiger partial charge in [-0.1, -0.05) is 20.8 Å². The van der Waals surface area contributed by atoms with Crippen LogP contribution in [0.4, 0.5) is 11.4 Å². The topological polar surface area (TPSA) is 99.2 Å². The van der Waals surface area contributed by atoms with Crippen LogP contribution in [0.2, 0.25) is 0 Å². The largest absolute Gasteiger partial charge is 0.399 e. The molecule has 0 radical (unpaired) electrons. The second kappa shape index (κ2) is 8.16. The van der Waals surface area contributed by atoms with Crippen molar-refractivity contribution in [3.05, 3.63) is 48.3 Å². The van der Waals surface area contributed by atoms with E-state index in [1.165, 1.54) is 12.1 Å². The van der Waals surface area contributed by atoms with Gasteiger partial charge in [-0.3, -0.25) is 4.72 Å². The fraction of sp³-hybridized carbons (Fsp3) is 0.435. The Balaban J connectivity index is 1.68. The second-order valence-electron chi connectivity index (χ2n) is 9.23. The Morgan fingerprint density at radius 3 is 2.45 bits per heavy atom. The number of nitrogens with one attached hydrogen (secondary N) is 1. The van der Waals surface area contributed by atoms with Crippen LogP contribution in [0, 0.1) is 5.92 Å². The molecular formula is C23H30N4O3S. The summed E-state index contributed by atoms with van der Waals surface area (Å²) in [7, 11) is -3.71. The molecule has 31 heavy (non-hydrogen) atoms. The first-order chi connectivity index (χ1) is 14.6. The van der Waals surface area contributed by atoms with Gasteiger partial charge in [-0.25, -0.2) is 13.4 Å². The molecule has 1 aromatic heterocycles. The van der Waals surface area contributed by atoms with Crippen molar-refractivity contribution in [2.24, 2.45) is 5.92 Å². The number of sulfonamides is 1. The first-order valence-corrected chi connectivity index (χ1v) is 12.1. The molecule has 0 amide bonds. The van der Waals surface area contributed by atoms with E-state index < -0.39 is 10.0 Å². The fourth-order valence-electron chi connectivity index (χ4n) is 4.00. The molecule has 0 spiro atoms. The maximum atomic E-state index is 12.8. The van der Waals surface area contributed by atoms with E-state index in [0.29, 0.717) is 17.3 Å². The van der Waals surface area contributed by atoms with Crippen LogP contribution in [-0.4, -0.2) is 31.2 Å². The molecule has 0 aliphatic carbocycles. The van der Waals surface area contributed by atoms with E-state index in [1.54, 1.807) is 24.3 Å². The van der Waals surface area contributed by atoms with Crippen LogP contribution in [0.3, 0.4) is 0 Å². The van der Waals surface area contributed by atoms with Crippen molar-refractivity contribution in [2.45, 2.75) is 50.5 Å². The van der Waals surface area contributed by atoms with Gasteiger partial charge >= 0.3 is 0 Å². The van der Waals surface area contributed by atoms with E-state index in [9.17, 15) is 8.42 Å². The number of nitrogens with zero attached hydrogens (tertiary/aromatic N) is 2. The van der Waals surface area contributed by atoms with E-state index in [1.807, 2.05) is 6.07 Å². The van der Waals surface area contributed by atoms with Gasteiger partial charge in [-0.15, -0.1) is 0 Å². The molecule has 2 aromatic carbocycles. The SMILES string of the molecule is CC(C)(C)c1nc2cc(NS(=O)(=O)c3ccc(N)cc3)ccc2n1CC1CCOCC1. The molecule has 2 heterocycles. The summed E-state index contributed by atoms with van der Waals surface area (Å²) < 4.78 is 36.0. The Kier molecular flexibility index (Phi) is 5.70. The molecule has 3 aromatic rings. The summed E-state index contributed by atoms with van der Waals surface area (Å²) in [5.74, 6) is 1.56.